The second kappa shape index (κ2) is 5.25. The lowest BCUT2D eigenvalue weighted by Gasteiger charge is -2.40. The van der Waals surface area contributed by atoms with Crippen LogP contribution in [-0.4, -0.2) is 54.0 Å². The topological polar surface area (TPSA) is 52.7 Å². The molecule has 88 valence electrons. The van der Waals surface area contributed by atoms with Gasteiger partial charge in [0.25, 0.3) is 0 Å². The zero-order valence-electron chi connectivity index (χ0n) is 9.44. The highest BCUT2D eigenvalue weighted by Crippen LogP contribution is 2.24. The standard InChI is InChI=1S/C11H23N3O/c12-8-10-3-6-13(7-4-10)14-5-1-2-11(14)9-15/h10-11,15H,1-9,12H2. The van der Waals surface area contributed by atoms with Crippen molar-refractivity contribution in [1.29, 1.82) is 0 Å². The van der Waals surface area contributed by atoms with E-state index in [1.165, 1.54) is 19.3 Å². The van der Waals surface area contributed by atoms with Gasteiger partial charge in [-0.1, -0.05) is 0 Å². The van der Waals surface area contributed by atoms with Crippen molar-refractivity contribution in [2.24, 2.45) is 11.7 Å². The van der Waals surface area contributed by atoms with Crippen LogP contribution < -0.4 is 5.73 Å². The zero-order valence-corrected chi connectivity index (χ0v) is 9.44. The van der Waals surface area contributed by atoms with Crippen LogP contribution >= 0.6 is 0 Å². The van der Waals surface area contributed by atoms with E-state index < -0.39 is 0 Å². The Labute approximate surface area is 92.0 Å². The largest absolute Gasteiger partial charge is 0.395 e. The van der Waals surface area contributed by atoms with Gasteiger partial charge in [0.15, 0.2) is 0 Å². The van der Waals surface area contributed by atoms with Gasteiger partial charge in [-0.25, -0.2) is 10.0 Å². The molecule has 0 aliphatic carbocycles. The SMILES string of the molecule is NCC1CCN(N2CCCC2CO)CC1. The molecule has 4 nitrogen and oxygen atoms in total. The molecular formula is C11H23N3O. The van der Waals surface area contributed by atoms with Crippen molar-refractivity contribution in [2.75, 3.05) is 32.8 Å². The summed E-state index contributed by atoms with van der Waals surface area (Å²) in [5.74, 6) is 0.719. The van der Waals surface area contributed by atoms with Crippen molar-refractivity contribution in [2.45, 2.75) is 31.7 Å². The first kappa shape index (κ1) is 11.3. The van der Waals surface area contributed by atoms with Gasteiger partial charge in [0.05, 0.1) is 6.61 Å². The summed E-state index contributed by atoms with van der Waals surface area (Å²) in [6.45, 7) is 4.50. The van der Waals surface area contributed by atoms with Gasteiger partial charge in [-0.05, 0) is 38.1 Å². The summed E-state index contributed by atoms with van der Waals surface area (Å²) in [6, 6.07) is 0.374. The van der Waals surface area contributed by atoms with E-state index in [0.717, 1.165) is 38.5 Å². The van der Waals surface area contributed by atoms with Crippen LogP contribution in [0.15, 0.2) is 0 Å². The summed E-state index contributed by atoms with van der Waals surface area (Å²) in [6.07, 6.45) is 4.80. The number of hydrazine groups is 1. The maximum atomic E-state index is 9.28. The molecule has 0 bridgehead atoms. The monoisotopic (exact) mass is 213 g/mol. The second-order valence-corrected chi connectivity index (χ2v) is 4.77. The van der Waals surface area contributed by atoms with Gasteiger partial charge in [-0.2, -0.15) is 0 Å². The summed E-state index contributed by atoms with van der Waals surface area (Å²) in [5.41, 5.74) is 5.68. The number of nitrogens with zero attached hydrogens (tertiary/aromatic N) is 2. The van der Waals surface area contributed by atoms with Crippen LogP contribution in [0.4, 0.5) is 0 Å². The van der Waals surface area contributed by atoms with E-state index in [4.69, 9.17) is 5.73 Å². The van der Waals surface area contributed by atoms with Gasteiger partial charge in [0.2, 0.25) is 0 Å². The number of piperidine rings is 1. The minimum absolute atomic E-state index is 0.302. The summed E-state index contributed by atoms with van der Waals surface area (Å²) >= 11 is 0. The van der Waals surface area contributed by atoms with Crippen LogP contribution in [0.25, 0.3) is 0 Å². The quantitative estimate of drug-likeness (QED) is 0.694. The molecule has 4 heteroatoms. The van der Waals surface area contributed by atoms with Crippen molar-refractivity contribution in [3.63, 3.8) is 0 Å². The third-order valence-electron chi connectivity index (χ3n) is 3.84. The number of hydrogen-bond donors (Lipinski definition) is 2. The van der Waals surface area contributed by atoms with Crippen molar-refractivity contribution >= 4 is 0 Å². The molecule has 2 saturated heterocycles. The first-order valence-electron chi connectivity index (χ1n) is 6.17. The summed E-state index contributed by atoms with van der Waals surface area (Å²) in [5, 5.41) is 14.1. The molecule has 2 heterocycles. The fourth-order valence-electron chi connectivity index (χ4n) is 2.79. The lowest BCUT2D eigenvalue weighted by Crippen LogP contribution is -2.50. The lowest BCUT2D eigenvalue weighted by atomic mass is 9.98. The van der Waals surface area contributed by atoms with Gasteiger partial charge in [0, 0.05) is 25.7 Å². The molecule has 2 fully saturated rings. The van der Waals surface area contributed by atoms with Crippen LogP contribution in [-0.2, 0) is 0 Å². The molecule has 0 saturated carbocycles. The van der Waals surface area contributed by atoms with E-state index in [1.54, 1.807) is 0 Å². The van der Waals surface area contributed by atoms with Crippen LogP contribution in [0.3, 0.4) is 0 Å². The van der Waals surface area contributed by atoms with Crippen LogP contribution in [0, 0.1) is 5.92 Å². The smallest absolute Gasteiger partial charge is 0.0600 e. The predicted octanol–water partition coefficient (Wildman–Crippen LogP) is 0.0288. The minimum atomic E-state index is 0.302. The molecular weight excluding hydrogens is 190 g/mol. The highest BCUT2D eigenvalue weighted by Gasteiger charge is 2.30. The molecule has 0 aromatic rings. The highest BCUT2D eigenvalue weighted by molar-refractivity contribution is 4.80. The van der Waals surface area contributed by atoms with Crippen molar-refractivity contribution in [3.8, 4) is 0 Å². The summed E-state index contributed by atoms with van der Waals surface area (Å²) < 4.78 is 0. The minimum Gasteiger partial charge on any atom is -0.395 e. The van der Waals surface area contributed by atoms with E-state index in [2.05, 4.69) is 10.0 Å². The molecule has 0 spiro atoms. The van der Waals surface area contributed by atoms with Gasteiger partial charge in [0.1, 0.15) is 0 Å². The summed E-state index contributed by atoms with van der Waals surface area (Å²) in [4.78, 5) is 0. The Hall–Kier alpha value is -0.160. The average Bonchev–Trinajstić information content (AvgIpc) is 2.77. The highest BCUT2D eigenvalue weighted by atomic mass is 16.3. The Bertz CT molecular complexity index is 192. The molecule has 1 unspecified atom stereocenters. The van der Waals surface area contributed by atoms with E-state index >= 15 is 0 Å². The van der Waals surface area contributed by atoms with Crippen LogP contribution in [0.2, 0.25) is 0 Å². The van der Waals surface area contributed by atoms with Crippen molar-refractivity contribution in [3.05, 3.63) is 0 Å². The normalized spacial score (nSPS) is 31.2. The molecule has 0 aromatic carbocycles. The Kier molecular flexibility index (Phi) is 3.97. The molecule has 3 N–H and O–H groups in total. The average molecular weight is 213 g/mol. The number of aliphatic hydroxyl groups excluding tert-OH is 1. The fourth-order valence-corrected chi connectivity index (χ4v) is 2.79. The first-order valence-corrected chi connectivity index (χ1v) is 6.17. The van der Waals surface area contributed by atoms with Crippen LogP contribution in [0.5, 0.6) is 0 Å². The third kappa shape index (κ3) is 2.50. The van der Waals surface area contributed by atoms with Crippen molar-refractivity contribution < 1.29 is 5.11 Å². The molecule has 0 radical (unpaired) electrons. The maximum Gasteiger partial charge on any atom is 0.0600 e. The maximum absolute atomic E-state index is 9.28. The van der Waals surface area contributed by atoms with Crippen LogP contribution in [0.1, 0.15) is 25.7 Å². The fraction of sp³-hybridized carbons (Fsp3) is 1.00. The Morgan fingerprint density at radius 2 is 1.87 bits per heavy atom. The predicted molar refractivity (Wildman–Crippen MR) is 60.2 cm³/mol. The van der Waals surface area contributed by atoms with Gasteiger partial charge in [-0.15, -0.1) is 0 Å². The van der Waals surface area contributed by atoms with Gasteiger partial charge < -0.3 is 10.8 Å². The molecule has 0 aromatic heterocycles. The molecule has 15 heavy (non-hydrogen) atoms. The van der Waals surface area contributed by atoms with Crippen molar-refractivity contribution in [1.82, 2.24) is 10.0 Å². The van der Waals surface area contributed by atoms with E-state index in [0.29, 0.717) is 12.6 Å². The Morgan fingerprint density at radius 3 is 2.47 bits per heavy atom. The third-order valence-corrected chi connectivity index (χ3v) is 3.84. The molecule has 2 rings (SSSR count). The second-order valence-electron chi connectivity index (χ2n) is 4.77. The summed E-state index contributed by atoms with van der Waals surface area (Å²) in [7, 11) is 0. The molecule has 1 atom stereocenters. The zero-order chi connectivity index (χ0) is 10.7. The molecule has 2 aliphatic heterocycles. The number of nitrogens with two attached hydrogens (primary N) is 1. The van der Waals surface area contributed by atoms with E-state index in [9.17, 15) is 5.11 Å². The first-order chi connectivity index (χ1) is 7.35. The molecule has 2 aliphatic rings. The van der Waals surface area contributed by atoms with Gasteiger partial charge >= 0.3 is 0 Å². The number of aliphatic hydroxyl groups is 1. The number of hydrogen-bond acceptors (Lipinski definition) is 4. The van der Waals surface area contributed by atoms with Gasteiger partial charge in [-0.3, -0.25) is 0 Å². The lowest BCUT2D eigenvalue weighted by molar-refractivity contribution is -0.0698. The van der Waals surface area contributed by atoms with E-state index in [1.807, 2.05) is 0 Å². The number of rotatable bonds is 3. The van der Waals surface area contributed by atoms with E-state index in [-0.39, 0.29) is 0 Å². The Balaban J connectivity index is 1.84. The Morgan fingerprint density at radius 1 is 1.13 bits per heavy atom. The molecule has 0 amide bonds.